The fourth-order valence-corrected chi connectivity index (χ4v) is 4.80. The molecule has 1 atom stereocenters. The number of hydrogen-bond acceptors (Lipinski definition) is 5. The number of nitrogens with zero attached hydrogens (tertiary/aromatic N) is 1. The van der Waals surface area contributed by atoms with Gasteiger partial charge in [0.25, 0.3) is 5.91 Å². The Labute approximate surface area is 185 Å². The number of fused-ring (bicyclic) bond motifs is 1. The number of amides is 2. The van der Waals surface area contributed by atoms with Crippen LogP contribution >= 0.6 is 11.3 Å². The Hall–Kier alpha value is -3.19. The third-order valence-electron chi connectivity index (χ3n) is 5.40. The molecule has 2 N–H and O–H groups in total. The maximum Gasteiger partial charge on any atom is 0.257 e. The third-order valence-corrected chi connectivity index (χ3v) is 6.45. The smallest absolute Gasteiger partial charge is 0.257 e. The van der Waals surface area contributed by atoms with Crippen LogP contribution in [0.2, 0.25) is 0 Å². The van der Waals surface area contributed by atoms with Crippen LogP contribution < -0.4 is 15.4 Å². The van der Waals surface area contributed by atoms with Gasteiger partial charge in [0, 0.05) is 17.0 Å². The zero-order valence-electron chi connectivity index (χ0n) is 17.4. The Bertz CT molecular complexity index is 1050. The molecule has 4 rings (SSSR count). The quantitative estimate of drug-likeness (QED) is 0.583. The van der Waals surface area contributed by atoms with Gasteiger partial charge in [0.05, 0.1) is 18.7 Å². The summed E-state index contributed by atoms with van der Waals surface area (Å²) in [5.41, 5.74) is 2.53. The molecule has 0 bridgehead atoms. The monoisotopic (exact) mass is 435 g/mol. The number of ether oxygens (including phenoxy) is 1. The van der Waals surface area contributed by atoms with Gasteiger partial charge in [-0.2, -0.15) is 0 Å². The molecular formula is C24H25N3O3S. The molecule has 0 saturated carbocycles. The highest BCUT2D eigenvalue weighted by Crippen LogP contribution is 2.37. The van der Waals surface area contributed by atoms with Crippen molar-refractivity contribution in [2.24, 2.45) is 0 Å². The van der Waals surface area contributed by atoms with Crippen LogP contribution in [0.5, 0.6) is 5.75 Å². The van der Waals surface area contributed by atoms with Gasteiger partial charge in [-0.25, -0.2) is 4.98 Å². The lowest BCUT2D eigenvalue weighted by Gasteiger charge is -2.20. The number of carbonyl (C=O) groups excluding carboxylic acids is 2. The molecule has 0 spiro atoms. The molecule has 160 valence electrons. The number of nitrogens with one attached hydrogen (secondary N) is 2. The zero-order chi connectivity index (χ0) is 21.6. The minimum Gasteiger partial charge on any atom is -0.497 e. The molecule has 6 nitrogen and oxygen atoms in total. The number of carbonyl (C=O) groups is 2. The van der Waals surface area contributed by atoms with Crippen molar-refractivity contribution in [1.82, 2.24) is 10.3 Å². The minimum atomic E-state index is -0.262. The number of aromatic nitrogens is 1. The van der Waals surface area contributed by atoms with Crippen molar-refractivity contribution in [3.8, 4) is 5.75 Å². The van der Waals surface area contributed by atoms with Gasteiger partial charge in [0.2, 0.25) is 5.91 Å². The van der Waals surface area contributed by atoms with Crippen LogP contribution in [0.1, 0.15) is 45.3 Å². The fraction of sp³-hybridized carbons (Fsp3) is 0.292. The van der Waals surface area contributed by atoms with Gasteiger partial charge in [0.15, 0.2) is 5.13 Å². The second-order valence-electron chi connectivity index (χ2n) is 7.48. The first-order valence-corrected chi connectivity index (χ1v) is 11.2. The van der Waals surface area contributed by atoms with E-state index in [1.54, 1.807) is 31.4 Å². The van der Waals surface area contributed by atoms with Gasteiger partial charge < -0.3 is 10.1 Å². The highest BCUT2D eigenvalue weighted by atomic mass is 32.1. The van der Waals surface area contributed by atoms with Crippen LogP contribution in [0, 0.1) is 0 Å². The standard InChI is InChI=1S/C24H25N3O3S/c1-30-18-12-10-17(11-13-18)22(28)27-24-26-21-19(8-5-9-20(21)31-24)23(29)25-15-14-16-6-3-2-4-7-16/h2-4,6-7,10-13,19H,5,8-9,14-15H2,1H3,(H,25,29)(H,26,27,28). The SMILES string of the molecule is COc1ccc(C(=O)Nc2nc3c(s2)CCCC3C(=O)NCCc2ccccc2)cc1. The van der Waals surface area contributed by atoms with Gasteiger partial charge in [-0.05, 0) is 55.5 Å². The van der Waals surface area contributed by atoms with E-state index in [1.165, 1.54) is 16.9 Å². The van der Waals surface area contributed by atoms with Crippen LogP contribution in [0.15, 0.2) is 54.6 Å². The summed E-state index contributed by atoms with van der Waals surface area (Å²) in [5.74, 6) is 0.220. The largest absolute Gasteiger partial charge is 0.497 e. The lowest BCUT2D eigenvalue weighted by Crippen LogP contribution is -2.32. The summed E-state index contributed by atoms with van der Waals surface area (Å²) in [6.45, 7) is 0.597. The van der Waals surface area contributed by atoms with E-state index in [9.17, 15) is 9.59 Å². The summed E-state index contributed by atoms with van der Waals surface area (Å²) in [6, 6.07) is 17.0. The molecule has 2 aromatic carbocycles. The summed E-state index contributed by atoms with van der Waals surface area (Å²) in [5, 5.41) is 6.46. The molecule has 3 aromatic rings. The number of benzene rings is 2. The molecule has 1 aliphatic carbocycles. The van der Waals surface area contributed by atoms with Crippen LogP contribution in [0.25, 0.3) is 0 Å². The molecule has 0 saturated heterocycles. The van der Waals surface area contributed by atoms with Crippen molar-refractivity contribution in [2.45, 2.75) is 31.6 Å². The minimum absolute atomic E-state index is 0.00946. The molecule has 0 radical (unpaired) electrons. The number of anilines is 1. The van der Waals surface area contributed by atoms with Crippen LogP contribution in [-0.4, -0.2) is 30.5 Å². The van der Waals surface area contributed by atoms with Crippen molar-refractivity contribution in [1.29, 1.82) is 0 Å². The number of hydrogen-bond donors (Lipinski definition) is 2. The van der Waals surface area contributed by atoms with Gasteiger partial charge in [-0.1, -0.05) is 30.3 Å². The lowest BCUT2D eigenvalue weighted by molar-refractivity contribution is -0.122. The summed E-state index contributed by atoms with van der Waals surface area (Å²) in [4.78, 5) is 31.1. The van der Waals surface area contributed by atoms with Crippen molar-refractivity contribution in [3.63, 3.8) is 0 Å². The Morgan fingerprint density at radius 1 is 1.13 bits per heavy atom. The van der Waals surface area contributed by atoms with Gasteiger partial charge in [0.1, 0.15) is 5.75 Å². The number of thiazole rings is 1. The maximum absolute atomic E-state index is 12.8. The second kappa shape index (κ2) is 9.75. The first-order valence-electron chi connectivity index (χ1n) is 10.4. The Balaban J connectivity index is 1.39. The number of aryl methyl sites for hydroxylation is 1. The Kier molecular flexibility index (Phi) is 6.62. The van der Waals surface area contributed by atoms with Crippen LogP contribution in [-0.2, 0) is 17.6 Å². The van der Waals surface area contributed by atoms with Crippen molar-refractivity contribution in [2.75, 3.05) is 19.0 Å². The van der Waals surface area contributed by atoms with E-state index in [0.717, 1.165) is 36.3 Å². The predicted molar refractivity (Wildman–Crippen MR) is 122 cm³/mol. The molecule has 0 aliphatic heterocycles. The number of methoxy groups -OCH3 is 1. The third kappa shape index (κ3) is 5.11. The van der Waals surface area contributed by atoms with Gasteiger partial charge in [-0.15, -0.1) is 11.3 Å². The first kappa shape index (κ1) is 21.1. The first-order chi connectivity index (χ1) is 15.1. The molecule has 7 heteroatoms. The highest BCUT2D eigenvalue weighted by molar-refractivity contribution is 7.16. The second-order valence-corrected chi connectivity index (χ2v) is 8.57. The van der Waals surface area contributed by atoms with Crippen molar-refractivity contribution in [3.05, 3.63) is 76.3 Å². The lowest BCUT2D eigenvalue weighted by atomic mass is 9.90. The van der Waals surface area contributed by atoms with Gasteiger partial charge >= 0.3 is 0 Å². The fourth-order valence-electron chi connectivity index (χ4n) is 3.74. The topological polar surface area (TPSA) is 80.3 Å². The molecule has 1 heterocycles. The molecule has 31 heavy (non-hydrogen) atoms. The van der Waals surface area contributed by atoms with E-state index in [-0.39, 0.29) is 17.7 Å². The van der Waals surface area contributed by atoms with E-state index >= 15 is 0 Å². The predicted octanol–water partition coefficient (Wildman–Crippen LogP) is 4.18. The van der Waals surface area contributed by atoms with Crippen molar-refractivity contribution < 1.29 is 14.3 Å². The van der Waals surface area contributed by atoms with Crippen LogP contribution in [0.4, 0.5) is 5.13 Å². The van der Waals surface area contributed by atoms with Crippen molar-refractivity contribution >= 4 is 28.3 Å². The highest BCUT2D eigenvalue weighted by Gasteiger charge is 2.30. The van der Waals surface area contributed by atoms with E-state index in [4.69, 9.17) is 4.74 Å². The molecule has 2 amide bonds. The summed E-state index contributed by atoms with van der Waals surface area (Å²) < 4.78 is 5.13. The molecule has 0 fully saturated rings. The maximum atomic E-state index is 12.8. The molecule has 1 aliphatic rings. The Morgan fingerprint density at radius 2 is 1.90 bits per heavy atom. The summed E-state index contributed by atoms with van der Waals surface area (Å²) in [7, 11) is 1.59. The molecular weight excluding hydrogens is 410 g/mol. The van der Waals surface area contributed by atoms with E-state index in [1.807, 2.05) is 18.2 Å². The molecule has 1 aromatic heterocycles. The Morgan fingerprint density at radius 3 is 2.65 bits per heavy atom. The average molecular weight is 436 g/mol. The van der Waals surface area contributed by atoms with E-state index in [0.29, 0.717) is 23.0 Å². The van der Waals surface area contributed by atoms with E-state index in [2.05, 4.69) is 27.8 Å². The normalized spacial score (nSPS) is 15.1. The summed E-state index contributed by atoms with van der Waals surface area (Å²) >= 11 is 1.46. The number of rotatable bonds is 7. The average Bonchev–Trinajstić information content (AvgIpc) is 3.22. The van der Waals surface area contributed by atoms with Crippen LogP contribution in [0.3, 0.4) is 0 Å². The van der Waals surface area contributed by atoms with Gasteiger partial charge in [-0.3, -0.25) is 14.9 Å². The zero-order valence-corrected chi connectivity index (χ0v) is 18.2. The summed E-state index contributed by atoms with van der Waals surface area (Å²) in [6.07, 6.45) is 3.41. The van der Waals surface area contributed by atoms with E-state index < -0.39 is 0 Å². The molecule has 1 unspecified atom stereocenters.